The molecular weight excluding hydrogens is 320 g/mol. The van der Waals surface area contributed by atoms with Crippen molar-refractivity contribution >= 4 is 17.5 Å². The van der Waals surface area contributed by atoms with Crippen LogP contribution in [0.15, 0.2) is 54.1 Å². The number of fused-ring (bicyclic) bond motifs is 1. The van der Waals surface area contributed by atoms with Gasteiger partial charge >= 0.3 is 11.9 Å². The van der Waals surface area contributed by atoms with Crippen LogP contribution in [0.25, 0.3) is 5.57 Å². The third-order valence-electron chi connectivity index (χ3n) is 3.96. The highest BCUT2D eigenvalue weighted by atomic mass is 16.5. The highest BCUT2D eigenvalue weighted by Gasteiger charge is 2.39. The number of ether oxygens (including phenoxy) is 2. The van der Waals surface area contributed by atoms with E-state index in [0.29, 0.717) is 16.9 Å². The SMILES string of the molecule is CCOC(=O)C1=C(c2ccccc2)c2cc(C)ccc2OC1C(=O)O. The molecule has 0 aliphatic carbocycles. The molecule has 1 atom stereocenters. The first-order valence-electron chi connectivity index (χ1n) is 8.00. The van der Waals surface area contributed by atoms with Crippen molar-refractivity contribution in [3.05, 3.63) is 70.8 Å². The first-order chi connectivity index (χ1) is 12.0. The predicted molar refractivity (Wildman–Crippen MR) is 92.3 cm³/mol. The van der Waals surface area contributed by atoms with E-state index in [2.05, 4.69) is 0 Å². The molecule has 1 N–H and O–H groups in total. The van der Waals surface area contributed by atoms with E-state index in [4.69, 9.17) is 9.47 Å². The summed E-state index contributed by atoms with van der Waals surface area (Å²) in [5, 5.41) is 9.60. The van der Waals surface area contributed by atoms with E-state index in [0.717, 1.165) is 11.1 Å². The largest absolute Gasteiger partial charge is 0.478 e. The third kappa shape index (κ3) is 3.13. The van der Waals surface area contributed by atoms with Crippen molar-refractivity contribution in [2.24, 2.45) is 0 Å². The van der Waals surface area contributed by atoms with E-state index in [-0.39, 0.29) is 12.2 Å². The molecule has 0 saturated heterocycles. The first-order valence-corrected chi connectivity index (χ1v) is 8.00. The third-order valence-corrected chi connectivity index (χ3v) is 3.96. The van der Waals surface area contributed by atoms with Crippen LogP contribution >= 0.6 is 0 Å². The lowest BCUT2D eigenvalue weighted by molar-refractivity contribution is -0.148. The van der Waals surface area contributed by atoms with E-state index < -0.39 is 18.0 Å². The zero-order valence-electron chi connectivity index (χ0n) is 14.0. The van der Waals surface area contributed by atoms with Gasteiger partial charge in [0.25, 0.3) is 0 Å². The Balaban J connectivity index is 2.34. The summed E-state index contributed by atoms with van der Waals surface area (Å²) in [5.74, 6) is -1.48. The molecule has 1 unspecified atom stereocenters. The molecule has 1 heterocycles. The Morgan fingerprint density at radius 3 is 2.52 bits per heavy atom. The molecule has 0 bridgehead atoms. The van der Waals surface area contributed by atoms with Gasteiger partial charge in [-0.2, -0.15) is 0 Å². The number of hydrogen-bond donors (Lipinski definition) is 1. The van der Waals surface area contributed by atoms with Gasteiger partial charge in [-0.25, -0.2) is 9.59 Å². The van der Waals surface area contributed by atoms with Crippen LogP contribution in [0, 0.1) is 6.92 Å². The zero-order valence-corrected chi connectivity index (χ0v) is 14.0. The monoisotopic (exact) mass is 338 g/mol. The van der Waals surface area contributed by atoms with E-state index in [9.17, 15) is 14.7 Å². The van der Waals surface area contributed by atoms with Crippen molar-refractivity contribution in [2.75, 3.05) is 6.61 Å². The van der Waals surface area contributed by atoms with Crippen molar-refractivity contribution in [1.82, 2.24) is 0 Å². The maximum Gasteiger partial charge on any atom is 0.349 e. The average Bonchev–Trinajstić information content (AvgIpc) is 2.61. The summed E-state index contributed by atoms with van der Waals surface area (Å²) in [5.41, 5.74) is 2.96. The zero-order chi connectivity index (χ0) is 18.0. The van der Waals surface area contributed by atoms with Crippen LogP contribution in [0.3, 0.4) is 0 Å². The molecular formula is C20H18O5. The van der Waals surface area contributed by atoms with E-state index in [1.54, 1.807) is 13.0 Å². The molecule has 0 spiro atoms. The number of carbonyl (C=O) groups excluding carboxylic acids is 1. The van der Waals surface area contributed by atoms with Gasteiger partial charge in [-0.3, -0.25) is 0 Å². The number of esters is 1. The normalized spacial score (nSPS) is 16.0. The van der Waals surface area contributed by atoms with Crippen LogP contribution in [0.5, 0.6) is 5.75 Å². The lowest BCUT2D eigenvalue weighted by Crippen LogP contribution is -2.37. The van der Waals surface area contributed by atoms with E-state index >= 15 is 0 Å². The quantitative estimate of drug-likeness (QED) is 0.867. The molecule has 0 amide bonds. The summed E-state index contributed by atoms with van der Waals surface area (Å²) < 4.78 is 10.7. The highest BCUT2D eigenvalue weighted by molar-refractivity contribution is 6.08. The molecule has 128 valence electrons. The Kier molecular flexibility index (Phi) is 4.57. The fourth-order valence-corrected chi connectivity index (χ4v) is 2.91. The highest BCUT2D eigenvalue weighted by Crippen LogP contribution is 2.40. The average molecular weight is 338 g/mol. The summed E-state index contributed by atoms with van der Waals surface area (Å²) >= 11 is 0. The lowest BCUT2D eigenvalue weighted by Gasteiger charge is -2.28. The fourth-order valence-electron chi connectivity index (χ4n) is 2.91. The number of benzene rings is 2. The maximum absolute atomic E-state index is 12.6. The topological polar surface area (TPSA) is 72.8 Å². The smallest absolute Gasteiger partial charge is 0.349 e. The molecule has 5 heteroatoms. The van der Waals surface area contributed by atoms with Crippen molar-refractivity contribution < 1.29 is 24.2 Å². The minimum absolute atomic E-state index is 0.0126. The van der Waals surface area contributed by atoms with Crippen LogP contribution in [0.2, 0.25) is 0 Å². The Bertz CT molecular complexity index is 852. The molecule has 1 aliphatic heterocycles. The molecule has 5 nitrogen and oxygen atoms in total. The molecule has 1 aliphatic rings. The van der Waals surface area contributed by atoms with Gasteiger partial charge in [0, 0.05) is 11.1 Å². The molecule has 0 saturated carbocycles. The van der Waals surface area contributed by atoms with Crippen LogP contribution in [0.4, 0.5) is 0 Å². The molecule has 0 aromatic heterocycles. The second kappa shape index (κ2) is 6.81. The molecule has 0 fully saturated rings. The second-order valence-electron chi connectivity index (χ2n) is 5.71. The van der Waals surface area contributed by atoms with E-state index in [1.165, 1.54) is 0 Å². The summed E-state index contributed by atoms with van der Waals surface area (Å²) in [6.07, 6.45) is -1.41. The van der Waals surface area contributed by atoms with Gasteiger partial charge in [0.05, 0.1) is 12.2 Å². The Morgan fingerprint density at radius 2 is 1.88 bits per heavy atom. The van der Waals surface area contributed by atoms with Crippen LogP contribution in [0.1, 0.15) is 23.6 Å². The maximum atomic E-state index is 12.6. The second-order valence-corrected chi connectivity index (χ2v) is 5.71. The van der Waals surface area contributed by atoms with Crippen LogP contribution in [-0.2, 0) is 14.3 Å². The first kappa shape index (κ1) is 16.8. The molecule has 2 aromatic rings. The summed E-state index contributed by atoms with van der Waals surface area (Å²) in [4.78, 5) is 24.3. The van der Waals surface area contributed by atoms with Gasteiger partial charge in [-0.1, -0.05) is 42.0 Å². The van der Waals surface area contributed by atoms with Gasteiger partial charge in [0.15, 0.2) is 0 Å². The van der Waals surface area contributed by atoms with Gasteiger partial charge in [0.2, 0.25) is 6.10 Å². The number of aliphatic carboxylic acids is 1. The van der Waals surface area contributed by atoms with Gasteiger partial charge in [0.1, 0.15) is 5.75 Å². The predicted octanol–water partition coefficient (Wildman–Crippen LogP) is 3.21. The lowest BCUT2D eigenvalue weighted by atomic mass is 9.87. The fraction of sp³-hybridized carbons (Fsp3) is 0.200. The van der Waals surface area contributed by atoms with Crippen molar-refractivity contribution in [1.29, 1.82) is 0 Å². The van der Waals surface area contributed by atoms with Crippen molar-refractivity contribution in [3.63, 3.8) is 0 Å². The standard InChI is InChI=1S/C20H18O5/c1-3-24-20(23)17-16(13-7-5-4-6-8-13)14-11-12(2)9-10-15(14)25-18(17)19(21)22/h4-11,18H,3H2,1-2H3,(H,21,22). The number of rotatable bonds is 4. The Hall–Kier alpha value is -3.08. The van der Waals surface area contributed by atoms with E-state index in [1.807, 2.05) is 49.4 Å². The van der Waals surface area contributed by atoms with Crippen LogP contribution in [-0.4, -0.2) is 29.8 Å². The number of aryl methyl sites for hydroxylation is 1. The molecule has 25 heavy (non-hydrogen) atoms. The summed E-state index contributed by atoms with van der Waals surface area (Å²) in [6, 6.07) is 14.7. The molecule has 2 aromatic carbocycles. The number of carbonyl (C=O) groups is 2. The van der Waals surface area contributed by atoms with Gasteiger partial charge < -0.3 is 14.6 Å². The van der Waals surface area contributed by atoms with Crippen molar-refractivity contribution in [2.45, 2.75) is 20.0 Å². The number of carboxylic acids is 1. The van der Waals surface area contributed by atoms with Crippen LogP contribution < -0.4 is 4.74 Å². The molecule has 0 radical (unpaired) electrons. The minimum Gasteiger partial charge on any atom is -0.478 e. The summed E-state index contributed by atoms with van der Waals surface area (Å²) in [6.45, 7) is 3.76. The van der Waals surface area contributed by atoms with Gasteiger partial charge in [-0.15, -0.1) is 0 Å². The van der Waals surface area contributed by atoms with Crippen molar-refractivity contribution in [3.8, 4) is 5.75 Å². The molecule has 3 rings (SSSR count). The number of hydrogen-bond acceptors (Lipinski definition) is 4. The van der Waals surface area contributed by atoms with Gasteiger partial charge in [-0.05, 0) is 31.5 Å². The minimum atomic E-state index is -1.41. The Morgan fingerprint density at radius 1 is 1.16 bits per heavy atom. The number of carboxylic acid groups (broad SMARTS) is 1. The summed E-state index contributed by atoms with van der Waals surface area (Å²) in [7, 11) is 0. The Labute approximate surface area is 145 Å².